The molecule has 0 saturated heterocycles. The van der Waals surface area contributed by atoms with Crippen molar-refractivity contribution in [2.24, 2.45) is 0 Å². The molecule has 0 bridgehead atoms. The SMILES string of the molecule is CCOC(=O)c1cc2c(cc1OCOC)OC[C@@H]1c3ccc(OC)cc3O[C@H]21. The molecule has 0 spiro atoms. The summed E-state index contributed by atoms with van der Waals surface area (Å²) in [5, 5.41) is 0. The van der Waals surface area contributed by atoms with Crippen LogP contribution in [0.5, 0.6) is 23.0 Å². The van der Waals surface area contributed by atoms with Gasteiger partial charge in [-0.25, -0.2) is 4.79 Å². The average molecular weight is 386 g/mol. The number of carbonyl (C=O) groups is 1. The van der Waals surface area contributed by atoms with Crippen molar-refractivity contribution < 1.29 is 33.2 Å². The minimum absolute atomic E-state index is 0.0129. The van der Waals surface area contributed by atoms with Gasteiger partial charge >= 0.3 is 5.97 Å². The van der Waals surface area contributed by atoms with Crippen LogP contribution in [0.15, 0.2) is 30.3 Å². The predicted molar refractivity (Wildman–Crippen MR) is 99.5 cm³/mol. The summed E-state index contributed by atoms with van der Waals surface area (Å²) in [5.74, 6) is 2.05. The number of esters is 1. The van der Waals surface area contributed by atoms with Gasteiger partial charge in [0.1, 0.15) is 34.7 Å². The van der Waals surface area contributed by atoms with Crippen molar-refractivity contribution in [3.8, 4) is 23.0 Å². The maximum atomic E-state index is 12.5. The molecular weight excluding hydrogens is 364 g/mol. The number of benzene rings is 2. The van der Waals surface area contributed by atoms with Crippen LogP contribution in [0.3, 0.4) is 0 Å². The molecule has 0 aliphatic carbocycles. The third kappa shape index (κ3) is 3.11. The first-order chi connectivity index (χ1) is 13.7. The Hall–Kier alpha value is -2.93. The van der Waals surface area contributed by atoms with Crippen molar-refractivity contribution in [3.63, 3.8) is 0 Å². The van der Waals surface area contributed by atoms with Crippen molar-refractivity contribution >= 4 is 5.97 Å². The highest BCUT2D eigenvalue weighted by molar-refractivity contribution is 5.93. The molecule has 0 fully saturated rings. The Bertz CT molecular complexity index is 893. The van der Waals surface area contributed by atoms with Gasteiger partial charge in [0.05, 0.1) is 26.2 Å². The van der Waals surface area contributed by atoms with Crippen LogP contribution in [0.25, 0.3) is 0 Å². The first kappa shape index (κ1) is 18.4. The molecule has 148 valence electrons. The van der Waals surface area contributed by atoms with E-state index in [9.17, 15) is 4.79 Å². The molecule has 2 atom stereocenters. The maximum absolute atomic E-state index is 12.5. The largest absolute Gasteiger partial charge is 0.497 e. The van der Waals surface area contributed by atoms with Gasteiger partial charge in [0.15, 0.2) is 6.79 Å². The van der Waals surface area contributed by atoms with Crippen LogP contribution in [-0.2, 0) is 9.47 Å². The minimum atomic E-state index is -0.462. The van der Waals surface area contributed by atoms with E-state index in [0.29, 0.717) is 23.7 Å². The highest BCUT2D eigenvalue weighted by Crippen LogP contribution is 2.52. The van der Waals surface area contributed by atoms with Gasteiger partial charge in [0.2, 0.25) is 0 Å². The van der Waals surface area contributed by atoms with Crippen molar-refractivity contribution in [1.29, 1.82) is 0 Å². The molecule has 4 rings (SSSR count). The van der Waals surface area contributed by atoms with E-state index in [-0.39, 0.29) is 25.4 Å². The topological polar surface area (TPSA) is 72.5 Å². The summed E-state index contributed by atoms with van der Waals surface area (Å²) in [7, 11) is 3.14. The van der Waals surface area contributed by atoms with Gasteiger partial charge in [-0.2, -0.15) is 0 Å². The van der Waals surface area contributed by atoms with Gasteiger partial charge in [-0.1, -0.05) is 6.07 Å². The predicted octanol–water partition coefficient (Wildman–Crippen LogP) is 3.46. The summed E-state index contributed by atoms with van der Waals surface area (Å²) in [5.41, 5.74) is 2.17. The number of hydrogen-bond donors (Lipinski definition) is 0. The number of fused-ring (bicyclic) bond motifs is 5. The number of rotatable bonds is 6. The van der Waals surface area contributed by atoms with Gasteiger partial charge in [-0.15, -0.1) is 0 Å². The normalized spacial score (nSPS) is 18.8. The van der Waals surface area contributed by atoms with E-state index < -0.39 is 5.97 Å². The summed E-state index contributed by atoms with van der Waals surface area (Å²) in [6.45, 7) is 2.51. The van der Waals surface area contributed by atoms with Gasteiger partial charge in [-0.05, 0) is 19.1 Å². The fraction of sp³-hybridized carbons (Fsp3) is 0.381. The van der Waals surface area contributed by atoms with Crippen LogP contribution in [0.2, 0.25) is 0 Å². The van der Waals surface area contributed by atoms with Crippen LogP contribution in [0, 0.1) is 0 Å². The lowest BCUT2D eigenvalue weighted by Crippen LogP contribution is -2.24. The third-order valence-electron chi connectivity index (χ3n) is 4.90. The van der Waals surface area contributed by atoms with Crippen LogP contribution < -0.4 is 18.9 Å². The van der Waals surface area contributed by atoms with Gasteiger partial charge in [-0.3, -0.25) is 0 Å². The Kier molecular flexibility index (Phi) is 5.00. The van der Waals surface area contributed by atoms with Crippen LogP contribution in [0.4, 0.5) is 0 Å². The third-order valence-corrected chi connectivity index (χ3v) is 4.90. The zero-order chi connectivity index (χ0) is 19.7. The summed E-state index contributed by atoms with van der Waals surface area (Å²) in [4.78, 5) is 12.5. The van der Waals surface area contributed by atoms with Gasteiger partial charge in [0, 0.05) is 30.4 Å². The molecule has 0 saturated carbocycles. The Morgan fingerprint density at radius 3 is 2.75 bits per heavy atom. The van der Waals surface area contributed by atoms with Crippen molar-refractivity contribution in [1.82, 2.24) is 0 Å². The Morgan fingerprint density at radius 1 is 1.14 bits per heavy atom. The van der Waals surface area contributed by atoms with E-state index in [2.05, 4.69) is 0 Å². The number of methoxy groups -OCH3 is 2. The molecule has 0 radical (unpaired) electrons. The van der Waals surface area contributed by atoms with E-state index in [1.165, 1.54) is 7.11 Å². The van der Waals surface area contributed by atoms with Crippen LogP contribution in [-0.4, -0.2) is 40.2 Å². The van der Waals surface area contributed by atoms with Crippen LogP contribution >= 0.6 is 0 Å². The maximum Gasteiger partial charge on any atom is 0.341 e. The molecule has 7 heteroatoms. The summed E-state index contributed by atoms with van der Waals surface area (Å²) in [6.07, 6.45) is -0.254. The number of hydrogen-bond acceptors (Lipinski definition) is 7. The molecule has 0 unspecified atom stereocenters. The molecule has 7 nitrogen and oxygen atoms in total. The van der Waals surface area contributed by atoms with Crippen molar-refractivity contribution in [3.05, 3.63) is 47.0 Å². The van der Waals surface area contributed by atoms with E-state index in [4.69, 9.17) is 28.4 Å². The Labute approximate surface area is 163 Å². The van der Waals surface area contributed by atoms with E-state index in [1.54, 1.807) is 26.2 Å². The Balaban J connectivity index is 1.73. The molecule has 2 aromatic carbocycles. The molecule has 2 heterocycles. The highest BCUT2D eigenvalue weighted by atomic mass is 16.7. The number of ether oxygens (including phenoxy) is 6. The first-order valence-corrected chi connectivity index (χ1v) is 9.10. The zero-order valence-corrected chi connectivity index (χ0v) is 16.0. The molecular formula is C21H22O7. The second-order valence-electron chi connectivity index (χ2n) is 6.52. The van der Waals surface area contributed by atoms with E-state index in [1.807, 2.05) is 18.2 Å². The molecule has 2 aliphatic heterocycles. The molecule has 2 aromatic rings. The Morgan fingerprint density at radius 2 is 2.00 bits per heavy atom. The van der Waals surface area contributed by atoms with Crippen molar-refractivity contribution in [2.45, 2.75) is 18.9 Å². The van der Waals surface area contributed by atoms with Crippen molar-refractivity contribution in [2.75, 3.05) is 34.2 Å². The molecule has 2 aliphatic rings. The molecule has 0 aromatic heterocycles. The second-order valence-corrected chi connectivity index (χ2v) is 6.52. The van der Waals surface area contributed by atoms with Crippen LogP contribution in [0.1, 0.15) is 40.4 Å². The van der Waals surface area contributed by atoms with E-state index >= 15 is 0 Å². The monoisotopic (exact) mass is 386 g/mol. The smallest absolute Gasteiger partial charge is 0.341 e. The lowest BCUT2D eigenvalue weighted by molar-refractivity contribution is 0.0433. The second kappa shape index (κ2) is 7.59. The molecule has 0 amide bonds. The highest BCUT2D eigenvalue weighted by Gasteiger charge is 2.41. The lowest BCUT2D eigenvalue weighted by atomic mass is 9.88. The summed E-state index contributed by atoms with van der Waals surface area (Å²) >= 11 is 0. The fourth-order valence-electron chi connectivity index (χ4n) is 3.60. The first-order valence-electron chi connectivity index (χ1n) is 9.10. The molecule has 0 N–H and O–H groups in total. The fourth-order valence-corrected chi connectivity index (χ4v) is 3.60. The van der Waals surface area contributed by atoms with Gasteiger partial charge < -0.3 is 28.4 Å². The summed E-state index contributed by atoms with van der Waals surface area (Å²) < 4.78 is 33.2. The number of carbonyl (C=O) groups excluding carboxylic acids is 1. The van der Waals surface area contributed by atoms with E-state index in [0.717, 1.165) is 22.6 Å². The standard InChI is InChI=1S/C21H22O7/c1-4-25-21(22)15-8-14-17(9-18(15)27-11-23-2)26-10-16-13-6-5-12(24-3)7-19(13)28-20(14)16/h5-9,16,20H,4,10-11H2,1-3H3/t16-,20-/m1/s1. The zero-order valence-electron chi connectivity index (χ0n) is 16.0. The minimum Gasteiger partial charge on any atom is -0.497 e. The van der Waals surface area contributed by atoms with Gasteiger partial charge in [0.25, 0.3) is 0 Å². The lowest BCUT2D eigenvalue weighted by Gasteiger charge is -2.28. The average Bonchev–Trinajstić information content (AvgIpc) is 3.09. The molecule has 28 heavy (non-hydrogen) atoms. The quantitative estimate of drug-likeness (QED) is 0.556. The summed E-state index contributed by atoms with van der Waals surface area (Å²) in [6, 6.07) is 9.21.